The van der Waals surface area contributed by atoms with Crippen LogP contribution in [0.4, 0.5) is 8.78 Å². The number of benzene rings is 2. The molecule has 2 aliphatic rings. The second-order valence-corrected chi connectivity index (χ2v) is 8.82. The first kappa shape index (κ1) is 21.0. The van der Waals surface area contributed by atoms with Gasteiger partial charge < -0.3 is 4.90 Å². The van der Waals surface area contributed by atoms with Crippen molar-refractivity contribution in [2.24, 2.45) is 0 Å². The van der Waals surface area contributed by atoms with E-state index in [1.165, 1.54) is 25.0 Å². The van der Waals surface area contributed by atoms with Gasteiger partial charge in [0.2, 0.25) is 0 Å². The van der Waals surface area contributed by atoms with Crippen molar-refractivity contribution in [1.29, 1.82) is 0 Å². The Bertz CT molecular complexity index is 874. The molecule has 0 spiro atoms. The molecule has 5 heteroatoms. The molecule has 0 radical (unpaired) electrons. The number of likely N-dealkylation sites (tertiary alicyclic amines) is 2. The number of nitrogens with zero attached hydrogens (tertiary/aromatic N) is 2. The molecule has 160 valence electrons. The first-order valence-electron chi connectivity index (χ1n) is 11.0. The van der Waals surface area contributed by atoms with Crippen LogP contribution in [0, 0.1) is 0 Å². The molecule has 2 atom stereocenters. The predicted octanol–water partition coefficient (Wildman–Crippen LogP) is 5.55. The first-order valence-corrected chi connectivity index (χ1v) is 11.0. The molecule has 1 amide bonds. The molecule has 4 rings (SSSR count). The molecule has 0 N–H and O–H groups in total. The average Bonchev–Trinajstić information content (AvgIpc) is 3.36. The molecule has 2 unspecified atom stereocenters. The summed E-state index contributed by atoms with van der Waals surface area (Å²) in [6.45, 7) is 6.11. The van der Waals surface area contributed by atoms with E-state index in [-0.39, 0.29) is 11.5 Å². The van der Waals surface area contributed by atoms with Crippen molar-refractivity contribution in [2.75, 3.05) is 19.6 Å². The van der Waals surface area contributed by atoms with Crippen molar-refractivity contribution >= 4 is 5.91 Å². The maximum absolute atomic E-state index is 13.4. The molecular weight excluding hydrogens is 382 g/mol. The van der Waals surface area contributed by atoms with Gasteiger partial charge in [0.1, 0.15) is 0 Å². The fourth-order valence-corrected chi connectivity index (χ4v) is 4.75. The highest BCUT2D eigenvalue weighted by Gasteiger charge is 2.33. The van der Waals surface area contributed by atoms with Gasteiger partial charge >= 0.3 is 0 Å². The third-order valence-corrected chi connectivity index (χ3v) is 6.63. The minimum atomic E-state index is -2.84. The highest BCUT2D eigenvalue weighted by Crippen LogP contribution is 2.30. The Hall–Kier alpha value is -2.27. The molecule has 2 aliphatic heterocycles. The summed E-state index contributed by atoms with van der Waals surface area (Å²) in [5.74, 6) is -2.75. The van der Waals surface area contributed by atoms with Crippen LogP contribution in [0.3, 0.4) is 0 Å². The summed E-state index contributed by atoms with van der Waals surface area (Å²) >= 11 is 0. The molecule has 0 saturated carbocycles. The average molecular weight is 413 g/mol. The molecule has 2 aromatic rings. The molecule has 2 aromatic carbocycles. The van der Waals surface area contributed by atoms with Crippen molar-refractivity contribution in [3.8, 4) is 11.1 Å². The van der Waals surface area contributed by atoms with Gasteiger partial charge in [-0.25, -0.2) is 8.78 Å². The Morgan fingerprint density at radius 3 is 2.13 bits per heavy atom. The lowest BCUT2D eigenvalue weighted by molar-refractivity contribution is 0.0175. The van der Waals surface area contributed by atoms with E-state index in [0.29, 0.717) is 17.6 Å². The lowest BCUT2D eigenvalue weighted by Gasteiger charge is -2.30. The number of hydrogen-bond acceptors (Lipinski definition) is 2. The van der Waals surface area contributed by atoms with Crippen LogP contribution in [0.15, 0.2) is 48.5 Å². The van der Waals surface area contributed by atoms with Gasteiger partial charge in [-0.05, 0) is 62.4 Å². The zero-order valence-corrected chi connectivity index (χ0v) is 17.8. The van der Waals surface area contributed by atoms with Crippen LogP contribution in [0.25, 0.3) is 11.1 Å². The molecule has 0 aromatic heterocycles. The topological polar surface area (TPSA) is 23.6 Å². The monoisotopic (exact) mass is 412 g/mol. The van der Waals surface area contributed by atoms with Crippen molar-refractivity contribution in [3.05, 3.63) is 59.7 Å². The minimum Gasteiger partial charge on any atom is -0.334 e. The number of halogens is 2. The van der Waals surface area contributed by atoms with E-state index in [2.05, 4.69) is 11.8 Å². The summed E-state index contributed by atoms with van der Waals surface area (Å²) in [4.78, 5) is 17.7. The molecule has 0 aliphatic carbocycles. The van der Waals surface area contributed by atoms with Crippen LogP contribution in [-0.4, -0.2) is 47.4 Å². The third-order valence-electron chi connectivity index (χ3n) is 6.63. The van der Waals surface area contributed by atoms with Crippen molar-refractivity contribution in [3.63, 3.8) is 0 Å². The highest BCUT2D eigenvalue weighted by atomic mass is 19.3. The van der Waals surface area contributed by atoms with Crippen LogP contribution in [0.5, 0.6) is 0 Å². The standard InChI is InChI=1S/C25H30F2N2O/c1-18-5-3-15-28(18)17-23-6-4-16-29(23)24(30)21-9-7-19(8-10-21)20-11-13-22(14-12-20)25(2,26)27/h7-14,18,23H,3-6,15-17H2,1-2H3. The van der Waals surface area contributed by atoms with Crippen LogP contribution < -0.4 is 0 Å². The number of rotatable bonds is 5. The number of carbonyl (C=O) groups is 1. The van der Waals surface area contributed by atoms with Gasteiger partial charge in [0.05, 0.1) is 0 Å². The Kier molecular flexibility index (Phi) is 5.92. The van der Waals surface area contributed by atoms with Gasteiger partial charge in [0.25, 0.3) is 11.8 Å². The highest BCUT2D eigenvalue weighted by molar-refractivity contribution is 5.95. The molecule has 0 bridgehead atoms. The fourth-order valence-electron chi connectivity index (χ4n) is 4.75. The van der Waals surface area contributed by atoms with E-state index in [1.807, 2.05) is 29.2 Å². The summed E-state index contributed by atoms with van der Waals surface area (Å²) < 4.78 is 26.8. The lowest BCUT2D eigenvalue weighted by Crippen LogP contribution is -2.44. The number of alkyl halides is 2. The van der Waals surface area contributed by atoms with Gasteiger partial charge in [0, 0.05) is 43.2 Å². The fraction of sp³-hybridized carbons (Fsp3) is 0.480. The second kappa shape index (κ2) is 8.46. The number of hydrogen-bond donors (Lipinski definition) is 0. The molecule has 3 nitrogen and oxygen atoms in total. The minimum absolute atomic E-state index is 0.00504. The van der Waals surface area contributed by atoms with Crippen LogP contribution in [0.2, 0.25) is 0 Å². The van der Waals surface area contributed by atoms with E-state index in [0.717, 1.165) is 50.5 Å². The van der Waals surface area contributed by atoms with E-state index in [1.54, 1.807) is 12.1 Å². The first-order chi connectivity index (χ1) is 14.3. The summed E-state index contributed by atoms with van der Waals surface area (Å²) in [7, 11) is 0. The van der Waals surface area contributed by atoms with Gasteiger partial charge in [-0.3, -0.25) is 9.69 Å². The largest absolute Gasteiger partial charge is 0.334 e. The lowest BCUT2D eigenvalue weighted by atomic mass is 10.0. The Balaban J connectivity index is 1.44. The molecular formula is C25H30F2N2O. The van der Waals surface area contributed by atoms with Crippen molar-refractivity contribution < 1.29 is 13.6 Å². The number of amides is 1. The molecule has 30 heavy (non-hydrogen) atoms. The Labute approximate surface area is 177 Å². The van der Waals surface area contributed by atoms with E-state index in [4.69, 9.17) is 0 Å². The SMILES string of the molecule is CC1CCCN1CC1CCCN1C(=O)c1ccc(-c2ccc(C(C)(F)F)cc2)cc1. The normalized spacial score (nSPS) is 22.6. The zero-order chi connectivity index (χ0) is 21.3. The Morgan fingerprint density at radius 1 is 0.967 bits per heavy atom. The van der Waals surface area contributed by atoms with Crippen LogP contribution in [0.1, 0.15) is 55.5 Å². The van der Waals surface area contributed by atoms with Crippen LogP contribution in [-0.2, 0) is 5.92 Å². The molecule has 2 heterocycles. The predicted molar refractivity (Wildman–Crippen MR) is 116 cm³/mol. The second-order valence-electron chi connectivity index (χ2n) is 8.82. The van der Waals surface area contributed by atoms with Gasteiger partial charge in [-0.15, -0.1) is 0 Å². The van der Waals surface area contributed by atoms with Gasteiger partial charge in [-0.2, -0.15) is 0 Å². The van der Waals surface area contributed by atoms with E-state index >= 15 is 0 Å². The van der Waals surface area contributed by atoms with E-state index in [9.17, 15) is 13.6 Å². The quantitative estimate of drug-likeness (QED) is 0.642. The van der Waals surface area contributed by atoms with Crippen molar-refractivity contribution in [2.45, 2.75) is 57.5 Å². The summed E-state index contributed by atoms with van der Waals surface area (Å²) in [5.41, 5.74) is 2.48. The summed E-state index contributed by atoms with van der Waals surface area (Å²) in [6.07, 6.45) is 4.63. The third kappa shape index (κ3) is 4.41. The number of carbonyl (C=O) groups excluding carboxylic acids is 1. The summed E-state index contributed by atoms with van der Waals surface area (Å²) in [5, 5.41) is 0. The molecule has 2 fully saturated rings. The maximum Gasteiger partial charge on any atom is 0.270 e. The molecule has 2 saturated heterocycles. The van der Waals surface area contributed by atoms with Crippen molar-refractivity contribution in [1.82, 2.24) is 9.80 Å². The van der Waals surface area contributed by atoms with Crippen LogP contribution >= 0.6 is 0 Å². The zero-order valence-electron chi connectivity index (χ0n) is 17.8. The summed E-state index contributed by atoms with van der Waals surface area (Å²) in [6, 6.07) is 14.8. The van der Waals surface area contributed by atoms with Gasteiger partial charge in [0.15, 0.2) is 0 Å². The smallest absolute Gasteiger partial charge is 0.270 e. The maximum atomic E-state index is 13.4. The van der Waals surface area contributed by atoms with E-state index < -0.39 is 5.92 Å². The van der Waals surface area contributed by atoms with Gasteiger partial charge in [-0.1, -0.05) is 36.4 Å². The Morgan fingerprint density at radius 2 is 1.57 bits per heavy atom.